The molecule has 3 aromatic rings. The van der Waals surface area contributed by atoms with Crippen LogP contribution < -0.4 is 15.2 Å². The first kappa shape index (κ1) is 26.7. The van der Waals surface area contributed by atoms with Crippen LogP contribution in [0.15, 0.2) is 53.3 Å². The summed E-state index contributed by atoms with van der Waals surface area (Å²) < 4.78 is 17.6. The summed E-state index contributed by atoms with van der Waals surface area (Å²) in [6.07, 6.45) is -1.01. The molecule has 0 aliphatic carbocycles. The van der Waals surface area contributed by atoms with Crippen molar-refractivity contribution in [1.82, 2.24) is 4.57 Å². The van der Waals surface area contributed by atoms with E-state index < -0.39 is 29.5 Å². The number of esters is 2. The molecule has 0 saturated carbocycles. The third-order valence-electron chi connectivity index (χ3n) is 5.40. The summed E-state index contributed by atoms with van der Waals surface area (Å²) in [6.45, 7) is 3.94. The van der Waals surface area contributed by atoms with E-state index in [0.29, 0.717) is 16.6 Å². The minimum Gasteiger partial charge on any atom is -0.481 e. The van der Waals surface area contributed by atoms with Crippen molar-refractivity contribution in [1.29, 1.82) is 0 Å². The molecule has 0 atom stereocenters. The Balaban J connectivity index is 2.23. The topological polar surface area (TPSA) is 104 Å². The zero-order chi connectivity index (χ0) is 26.4. The number of aromatic nitrogens is 1. The fourth-order valence-electron chi connectivity index (χ4n) is 3.71. The SMILES string of the molecule is CCN(C(=O)c1c(OC(COC(C)=O)COC(C)=O)c2c(Cl)cccc2n(C)c1=O)c1ccccc1. The molecule has 3 rings (SSSR count). The average molecular weight is 515 g/mol. The van der Waals surface area contributed by atoms with Gasteiger partial charge in [-0.05, 0) is 31.2 Å². The molecule has 190 valence electrons. The number of nitrogens with zero attached hydrogens (tertiary/aromatic N) is 2. The van der Waals surface area contributed by atoms with Gasteiger partial charge in [0.05, 0.1) is 15.9 Å². The zero-order valence-electron chi connectivity index (χ0n) is 20.4. The van der Waals surface area contributed by atoms with Crippen molar-refractivity contribution >= 4 is 46.0 Å². The first-order chi connectivity index (χ1) is 17.1. The molecule has 0 aliphatic heterocycles. The molecule has 0 radical (unpaired) electrons. The summed E-state index contributed by atoms with van der Waals surface area (Å²) in [5.41, 5.74) is 0.173. The van der Waals surface area contributed by atoms with Crippen LogP contribution in [0.4, 0.5) is 5.69 Å². The van der Waals surface area contributed by atoms with Gasteiger partial charge >= 0.3 is 11.9 Å². The Kier molecular flexibility index (Phi) is 8.71. The van der Waals surface area contributed by atoms with E-state index in [1.165, 1.54) is 30.4 Å². The average Bonchev–Trinajstić information content (AvgIpc) is 2.84. The predicted molar refractivity (Wildman–Crippen MR) is 136 cm³/mol. The molecule has 0 fully saturated rings. The summed E-state index contributed by atoms with van der Waals surface area (Å²) >= 11 is 6.54. The van der Waals surface area contributed by atoms with Gasteiger partial charge in [0.25, 0.3) is 11.5 Å². The standard InChI is InChI=1S/C26H27ClN2O7/c1-5-29(18-10-7-6-8-11-18)26(33)23-24(36-19(14-34-16(2)30)15-35-17(3)31)22-20(27)12-9-13-21(22)28(4)25(23)32/h6-13,19H,5,14-15H2,1-4H3. The van der Waals surface area contributed by atoms with Gasteiger partial charge in [-0.3, -0.25) is 19.2 Å². The van der Waals surface area contributed by atoms with Crippen LogP contribution in [0.25, 0.3) is 10.9 Å². The molecule has 10 heteroatoms. The minimum absolute atomic E-state index is 0.0811. The lowest BCUT2D eigenvalue weighted by atomic mass is 10.1. The van der Waals surface area contributed by atoms with Crippen molar-refractivity contribution in [2.24, 2.45) is 7.05 Å². The highest BCUT2D eigenvalue weighted by molar-refractivity contribution is 6.36. The highest BCUT2D eigenvalue weighted by Gasteiger charge is 2.30. The van der Waals surface area contributed by atoms with Crippen LogP contribution in [-0.4, -0.2) is 48.3 Å². The number of ether oxygens (including phenoxy) is 3. The molecule has 1 amide bonds. The van der Waals surface area contributed by atoms with Crippen molar-refractivity contribution in [3.8, 4) is 5.75 Å². The number of benzene rings is 2. The maximum Gasteiger partial charge on any atom is 0.302 e. The van der Waals surface area contributed by atoms with Gasteiger partial charge < -0.3 is 23.7 Å². The number of hydrogen-bond acceptors (Lipinski definition) is 7. The molecule has 1 heterocycles. The number of rotatable bonds is 9. The van der Waals surface area contributed by atoms with E-state index in [0.717, 1.165) is 0 Å². The van der Waals surface area contributed by atoms with E-state index in [2.05, 4.69) is 0 Å². The third kappa shape index (κ3) is 5.85. The van der Waals surface area contributed by atoms with E-state index in [9.17, 15) is 19.2 Å². The predicted octanol–water partition coefficient (Wildman–Crippen LogP) is 3.73. The van der Waals surface area contributed by atoms with Gasteiger partial charge in [-0.25, -0.2) is 0 Å². The summed E-state index contributed by atoms with van der Waals surface area (Å²) in [7, 11) is 1.54. The molecule has 0 saturated heterocycles. The number of aryl methyl sites for hydroxylation is 1. The smallest absolute Gasteiger partial charge is 0.302 e. The van der Waals surface area contributed by atoms with E-state index in [4.69, 9.17) is 25.8 Å². The Hall–Kier alpha value is -3.85. The van der Waals surface area contributed by atoms with Gasteiger partial charge in [0.2, 0.25) is 0 Å². The summed E-state index contributed by atoms with van der Waals surface area (Å²) in [6, 6.07) is 13.9. The van der Waals surface area contributed by atoms with Crippen LogP contribution in [0.2, 0.25) is 5.02 Å². The Bertz CT molecular complexity index is 1320. The zero-order valence-corrected chi connectivity index (χ0v) is 21.2. The minimum atomic E-state index is -1.01. The molecule has 0 N–H and O–H groups in total. The van der Waals surface area contributed by atoms with E-state index in [-0.39, 0.29) is 36.1 Å². The van der Waals surface area contributed by atoms with Crippen LogP contribution in [0.1, 0.15) is 31.1 Å². The number of hydrogen-bond donors (Lipinski definition) is 0. The van der Waals surface area contributed by atoms with Gasteiger partial charge in [-0.15, -0.1) is 0 Å². The Morgan fingerprint density at radius 3 is 2.14 bits per heavy atom. The summed E-state index contributed by atoms with van der Waals surface area (Å²) in [5.74, 6) is -1.83. The molecular weight excluding hydrogens is 488 g/mol. The maximum atomic E-state index is 13.9. The molecular formula is C26H27ClN2O7. The molecule has 9 nitrogen and oxygen atoms in total. The number of fused-ring (bicyclic) bond motifs is 1. The fraction of sp³-hybridized carbons (Fsp3) is 0.308. The Morgan fingerprint density at radius 1 is 0.972 bits per heavy atom. The summed E-state index contributed by atoms with van der Waals surface area (Å²) in [4.78, 5) is 51.7. The van der Waals surface area contributed by atoms with Gasteiger partial charge in [0.1, 0.15) is 24.5 Å². The van der Waals surface area contributed by atoms with Crippen molar-refractivity contribution < 1.29 is 28.6 Å². The Morgan fingerprint density at radius 2 is 1.58 bits per heavy atom. The summed E-state index contributed by atoms with van der Waals surface area (Å²) in [5, 5.41) is 0.568. The molecule has 36 heavy (non-hydrogen) atoms. The van der Waals surface area contributed by atoms with Crippen molar-refractivity contribution in [2.45, 2.75) is 26.9 Å². The van der Waals surface area contributed by atoms with Crippen LogP contribution in [0.5, 0.6) is 5.75 Å². The lowest BCUT2D eigenvalue weighted by Gasteiger charge is -2.26. The highest BCUT2D eigenvalue weighted by Crippen LogP contribution is 2.35. The van der Waals surface area contributed by atoms with E-state index in [1.807, 2.05) is 6.07 Å². The number of pyridine rings is 1. The van der Waals surface area contributed by atoms with Crippen molar-refractivity contribution in [3.63, 3.8) is 0 Å². The second kappa shape index (κ2) is 11.7. The highest BCUT2D eigenvalue weighted by atomic mass is 35.5. The number of carbonyl (C=O) groups excluding carboxylic acids is 3. The van der Waals surface area contributed by atoms with E-state index >= 15 is 0 Å². The molecule has 0 aliphatic rings. The van der Waals surface area contributed by atoms with Crippen LogP contribution in [-0.2, 0) is 26.1 Å². The van der Waals surface area contributed by atoms with Gasteiger partial charge in [0, 0.05) is 33.1 Å². The van der Waals surface area contributed by atoms with Crippen LogP contribution >= 0.6 is 11.6 Å². The molecule has 1 aromatic heterocycles. The first-order valence-corrected chi connectivity index (χ1v) is 11.6. The van der Waals surface area contributed by atoms with Crippen molar-refractivity contribution in [2.75, 3.05) is 24.7 Å². The van der Waals surface area contributed by atoms with Gasteiger partial charge in [0.15, 0.2) is 6.10 Å². The lowest BCUT2D eigenvalue weighted by Crippen LogP contribution is -2.38. The Labute approximate surface area is 213 Å². The first-order valence-electron chi connectivity index (χ1n) is 11.3. The maximum absolute atomic E-state index is 13.9. The fourth-order valence-corrected chi connectivity index (χ4v) is 3.97. The number of carbonyl (C=O) groups is 3. The lowest BCUT2D eigenvalue weighted by molar-refractivity contribution is -0.148. The molecule has 0 spiro atoms. The number of anilines is 1. The normalized spacial score (nSPS) is 10.8. The van der Waals surface area contributed by atoms with Gasteiger partial charge in [-0.2, -0.15) is 0 Å². The van der Waals surface area contributed by atoms with Crippen LogP contribution in [0.3, 0.4) is 0 Å². The molecule has 2 aromatic carbocycles. The third-order valence-corrected chi connectivity index (χ3v) is 5.71. The van der Waals surface area contributed by atoms with Crippen molar-refractivity contribution in [3.05, 3.63) is 69.5 Å². The van der Waals surface area contributed by atoms with Crippen LogP contribution in [0, 0.1) is 0 Å². The molecule has 0 bridgehead atoms. The monoisotopic (exact) mass is 514 g/mol. The number of para-hydroxylation sites is 1. The molecule has 0 unspecified atom stereocenters. The quantitative estimate of drug-likeness (QED) is 0.401. The van der Waals surface area contributed by atoms with E-state index in [1.54, 1.807) is 49.4 Å². The number of halogens is 1. The number of amides is 1. The second-order valence-corrected chi connectivity index (χ2v) is 8.34. The second-order valence-electron chi connectivity index (χ2n) is 7.93. The largest absolute Gasteiger partial charge is 0.481 e. The van der Waals surface area contributed by atoms with Gasteiger partial charge in [-0.1, -0.05) is 35.9 Å².